The number of hydrogen-bond acceptors (Lipinski definition) is 7. The number of aryl methyl sites for hydroxylation is 1. The highest BCUT2D eigenvalue weighted by molar-refractivity contribution is 7.90. The topological polar surface area (TPSA) is 159 Å². The molecule has 1 aromatic carbocycles. The van der Waals surface area contributed by atoms with Gasteiger partial charge in [0.05, 0.1) is 10.6 Å². The van der Waals surface area contributed by atoms with E-state index < -0.39 is 55.1 Å². The molecule has 3 atom stereocenters. The van der Waals surface area contributed by atoms with Gasteiger partial charge in [-0.15, -0.1) is 0 Å². The lowest BCUT2D eigenvalue weighted by Gasteiger charge is -2.36. The van der Waals surface area contributed by atoms with Crippen LogP contribution < -0.4 is 14.9 Å². The summed E-state index contributed by atoms with van der Waals surface area (Å²) in [5.74, 6) is -1.49. The molecule has 2 aliphatic carbocycles. The van der Waals surface area contributed by atoms with Gasteiger partial charge < -0.3 is 0 Å². The van der Waals surface area contributed by atoms with E-state index in [1.54, 1.807) is 19.1 Å². The van der Waals surface area contributed by atoms with Gasteiger partial charge in [0.1, 0.15) is 11.8 Å². The fraction of sp³-hybridized carbons (Fsp3) is 0.600. The van der Waals surface area contributed by atoms with Gasteiger partial charge in [-0.3, -0.25) is 14.8 Å². The van der Waals surface area contributed by atoms with E-state index in [1.165, 1.54) is 17.6 Å². The first-order valence-electron chi connectivity index (χ1n) is 10.3. The van der Waals surface area contributed by atoms with Crippen LogP contribution in [0.15, 0.2) is 29.2 Å². The molecule has 0 spiro atoms. The zero-order valence-electron chi connectivity index (χ0n) is 18.2. The molecule has 0 radical (unpaired) electrons. The van der Waals surface area contributed by atoms with Crippen LogP contribution >= 0.6 is 0 Å². The van der Waals surface area contributed by atoms with Crippen molar-refractivity contribution in [3.63, 3.8) is 0 Å². The van der Waals surface area contributed by atoms with E-state index in [2.05, 4.69) is 9.44 Å². The molecule has 2 bridgehead atoms. The van der Waals surface area contributed by atoms with Crippen molar-refractivity contribution in [1.82, 2.24) is 14.9 Å². The van der Waals surface area contributed by atoms with Crippen LogP contribution in [-0.4, -0.2) is 52.1 Å². The summed E-state index contributed by atoms with van der Waals surface area (Å²) < 4.78 is 55.3. The van der Waals surface area contributed by atoms with Crippen LogP contribution in [-0.2, 0) is 29.6 Å². The number of amides is 1. The fourth-order valence-corrected chi connectivity index (χ4v) is 7.98. The molecule has 3 unspecified atom stereocenters. The number of sulfonamides is 2. The highest BCUT2D eigenvalue weighted by Crippen LogP contribution is 2.64. The van der Waals surface area contributed by atoms with E-state index in [4.69, 9.17) is 5.21 Å². The summed E-state index contributed by atoms with van der Waals surface area (Å²) in [5.41, 5.74) is 0.716. The van der Waals surface area contributed by atoms with E-state index in [-0.39, 0.29) is 16.6 Å². The Morgan fingerprint density at radius 2 is 1.81 bits per heavy atom. The molecule has 0 aliphatic heterocycles. The SMILES string of the molecule is Cc1ccc(S(=O)(=O)NC(CNS(=O)(=O)CC23CCC(CC2=O)C3(C)C)C(=O)NO)cc1. The standard InChI is InChI=1S/C20H29N3O7S2/c1-13-4-6-15(7-5-13)32(29,30)23-16(18(25)22-26)11-21-31(27,28)12-20-9-8-14(10-17(20)24)19(20,2)3/h4-7,14,16,21,23,26H,8-12H2,1-3H3,(H,22,25). The van der Waals surface area contributed by atoms with Crippen LogP contribution in [0.1, 0.15) is 38.7 Å². The quantitative estimate of drug-likeness (QED) is 0.291. The second-order valence-corrected chi connectivity index (χ2v) is 12.8. The first-order chi connectivity index (χ1) is 14.7. The minimum absolute atomic E-state index is 0.0751. The number of carbonyl (C=O) groups excluding carboxylic acids is 2. The number of hydroxylamine groups is 1. The van der Waals surface area contributed by atoms with Gasteiger partial charge in [0.15, 0.2) is 0 Å². The van der Waals surface area contributed by atoms with Crippen LogP contribution in [0.4, 0.5) is 0 Å². The van der Waals surface area contributed by atoms with Crippen molar-refractivity contribution in [2.75, 3.05) is 12.3 Å². The summed E-state index contributed by atoms with van der Waals surface area (Å²) >= 11 is 0. The average molecular weight is 488 g/mol. The molecule has 12 heteroatoms. The van der Waals surface area contributed by atoms with Gasteiger partial charge in [-0.2, -0.15) is 4.72 Å². The maximum absolute atomic E-state index is 12.9. The lowest BCUT2D eigenvalue weighted by atomic mass is 9.70. The predicted molar refractivity (Wildman–Crippen MR) is 116 cm³/mol. The first-order valence-corrected chi connectivity index (χ1v) is 13.4. The van der Waals surface area contributed by atoms with Crippen LogP contribution in [0.5, 0.6) is 0 Å². The number of hydrogen-bond donors (Lipinski definition) is 4. The van der Waals surface area contributed by atoms with E-state index in [9.17, 15) is 26.4 Å². The molecule has 0 aromatic heterocycles. The van der Waals surface area contributed by atoms with Crippen molar-refractivity contribution < 1.29 is 31.6 Å². The molecule has 3 rings (SSSR count). The van der Waals surface area contributed by atoms with Gasteiger partial charge >= 0.3 is 0 Å². The minimum Gasteiger partial charge on any atom is -0.299 e. The zero-order valence-corrected chi connectivity index (χ0v) is 19.8. The number of benzene rings is 1. The molecule has 1 amide bonds. The van der Waals surface area contributed by atoms with Crippen molar-refractivity contribution in [1.29, 1.82) is 0 Å². The Labute approximate surface area is 188 Å². The molecular weight excluding hydrogens is 458 g/mol. The minimum atomic E-state index is -4.17. The Hall–Kier alpha value is -1.86. The lowest BCUT2D eigenvalue weighted by molar-refractivity contribution is -0.130. The van der Waals surface area contributed by atoms with Crippen LogP contribution in [0.2, 0.25) is 0 Å². The lowest BCUT2D eigenvalue weighted by Crippen LogP contribution is -2.53. The first kappa shape index (κ1) is 24.8. The molecule has 2 saturated carbocycles. The molecule has 1 aromatic rings. The summed E-state index contributed by atoms with van der Waals surface area (Å²) in [6.45, 7) is 4.96. The normalized spacial score (nSPS) is 25.6. The third-order valence-electron chi connectivity index (χ3n) is 7.14. The summed E-state index contributed by atoms with van der Waals surface area (Å²) in [6.07, 6.45) is 1.61. The smallest absolute Gasteiger partial charge is 0.262 e. The van der Waals surface area contributed by atoms with Crippen LogP contribution in [0.25, 0.3) is 0 Å². The largest absolute Gasteiger partial charge is 0.299 e. The van der Waals surface area contributed by atoms with Gasteiger partial charge in [0.25, 0.3) is 5.91 Å². The molecule has 0 heterocycles. The maximum Gasteiger partial charge on any atom is 0.262 e. The number of fused-ring (bicyclic) bond motifs is 2. The molecule has 32 heavy (non-hydrogen) atoms. The van der Waals surface area contributed by atoms with Gasteiger partial charge in [0.2, 0.25) is 20.0 Å². The monoisotopic (exact) mass is 487 g/mol. The van der Waals surface area contributed by atoms with Crippen molar-refractivity contribution in [2.24, 2.45) is 16.7 Å². The van der Waals surface area contributed by atoms with E-state index in [0.717, 1.165) is 12.0 Å². The fourth-order valence-electron chi connectivity index (χ4n) is 4.93. The van der Waals surface area contributed by atoms with Crippen LogP contribution in [0, 0.1) is 23.7 Å². The Morgan fingerprint density at radius 1 is 1.19 bits per heavy atom. The Morgan fingerprint density at radius 3 is 2.31 bits per heavy atom. The highest BCUT2D eigenvalue weighted by atomic mass is 32.2. The Bertz CT molecular complexity index is 1110. The van der Waals surface area contributed by atoms with E-state index >= 15 is 0 Å². The third kappa shape index (κ3) is 4.46. The highest BCUT2D eigenvalue weighted by Gasteiger charge is 2.65. The number of ketones is 1. The summed E-state index contributed by atoms with van der Waals surface area (Å²) in [4.78, 5) is 24.6. The van der Waals surface area contributed by atoms with Gasteiger partial charge in [0, 0.05) is 18.4 Å². The number of nitrogens with one attached hydrogen (secondary N) is 3. The van der Waals surface area contributed by atoms with Gasteiger partial charge in [-0.1, -0.05) is 31.5 Å². The molecule has 178 valence electrons. The summed E-state index contributed by atoms with van der Waals surface area (Å²) in [7, 11) is -8.21. The molecular formula is C20H29N3O7S2. The number of Topliss-reactive ketones (excluding diaryl/α,β-unsaturated/α-hetero) is 1. The van der Waals surface area contributed by atoms with Crippen LogP contribution in [0.3, 0.4) is 0 Å². The zero-order chi connectivity index (χ0) is 23.9. The molecule has 2 aliphatic rings. The van der Waals surface area contributed by atoms with Crippen molar-refractivity contribution in [2.45, 2.75) is 51.0 Å². The third-order valence-corrected chi connectivity index (χ3v) is 10.1. The summed E-state index contributed by atoms with van der Waals surface area (Å²) in [5, 5.41) is 9.00. The summed E-state index contributed by atoms with van der Waals surface area (Å²) in [6, 6.07) is 4.24. The molecule has 4 N–H and O–H groups in total. The Balaban J connectivity index is 1.75. The number of rotatable bonds is 9. The maximum atomic E-state index is 12.9. The molecule has 10 nitrogen and oxygen atoms in total. The second kappa shape index (κ2) is 8.49. The molecule has 0 saturated heterocycles. The molecule has 2 fully saturated rings. The van der Waals surface area contributed by atoms with Gasteiger partial charge in [-0.05, 0) is 43.2 Å². The predicted octanol–water partition coefficient (Wildman–Crippen LogP) is 0.462. The Kier molecular flexibility index (Phi) is 6.57. The second-order valence-electron chi connectivity index (χ2n) is 9.24. The van der Waals surface area contributed by atoms with Gasteiger partial charge in [-0.25, -0.2) is 27.0 Å². The average Bonchev–Trinajstić information content (AvgIpc) is 3.04. The van der Waals surface area contributed by atoms with Crippen molar-refractivity contribution in [3.05, 3.63) is 29.8 Å². The van der Waals surface area contributed by atoms with E-state index in [1.807, 2.05) is 13.8 Å². The van der Waals surface area contributed by atoms with E-state index in [0.29, 0.717) is 12.8 Å². The van der Waals surface area contributed by atoms with Crippen molar-refractivity contribution >= 4 is 31.7 Å². The van der Waals surface area contributed by atoms with Crippen molar-refractivity contribution in [3.8, 4) is 0 Å². The number of carbonyl (C=O) groups is 2.